The lowest BCUT2D eigenvalue weighted by molar-refractivity contribution is -0.225. The predicted octanol–water partition coefficient (Wildman–Crippen LogP) is 2.93. The van der Waals surface area contributed by atoms with Crippen molar-refractivity contribution in [1.29, 1.82) is 0 Å². The third-order valence-electron chi connectivity index (χ3n) is 4.27. The molecular formula is C17H13F5N2O6S. The Balaban J connectivity index is 2.13. The summed E-state index contributed by atoms with van der Waals surface area (Å²) in [5.41, 5.74) is -0.517. The molecule has 8 nitrogen and oxygen atoms in total. The van der Waals surface area contributed by atoms with Gasteiger partial charge in [0.25, 0.3) is 10.0 Å². The number of hydrogen-bond donors (Lipinski definition) is 3. The number of sulfonamides is 1. The summed E-state index contributed by atoms with van der Waals surface area (Å²) >= 11 is 0. The summed E-state index contributed by atoms with van der Waals surface area (Å²) in [5, 5.41) is 20.3. The first-order valence-electron chi connectivity index (χ1n) is 8.34. The van der Waals surface area contributed by atoms with E-state index in [2.05, 4.69) is 0 Å². The van der Waals surface area contributed by atoms with E-state index in [9.17, 15) is 40.3 Å². The summed E-state index contributed by atoms with van der Waals surface area (Å²) in [4.78, 5) is 10.1. The van der Waals surface area contributed by atoms with Crippen LogP contribution in [0, 0.1) is 11.6 Å². The normalized spacial score (nSPS) is 17.5. The SMILES string of the molecule is O=C(O)Nc1ccc2c(c1)N(S(=O)(=O)c1ccc(F)c(F)c1)CC([C@@H](O)C(F)(F)F)O2. The molecular weight excluding hydrogens is 455 g/mol. The molecule has 31 heavy (non-hydrogen) atoms. The number of aliphatic hydroxyl groups is 1. The van der Waals surface area contributed by atoms with Gasteiger partial charge in [-0.2, -0.15) is 13.2 Å². The average molecular weight is 468 g/mol. The zero-order chi connectivity index (χ0) is 23.1. The van der Waals surface area contributed by atoms with Gasteiger partial charge in [-0.15, -0.1) is 0 Å². The number of carbonyl (C=O) groups is 1. The second-order valence-electron chi connectivity index (χ2n) is 6.37. The maximum atomic E-state index is 13.6. The molecule has 1 aliphatic heterocycles. The van der Waals surface area contributed by atoms with Gasteiger partial charge in [-0.05, 0) is 36.4 Å². The Kier molecular flexibility index (Phi) is 5.71. The van der Waals surface area contributed by atoms with Crippen LogP contribution in [-0.4, -0.2) is 49.7 Å². The topological polar surface area (TPSA) is 116 Å². The first-order chi connectivity index (χ1) is 14.3. The molecule has 2 aromatic rings. The molecule has 0 fully saturated rings. The lowest BCUT2D eigenvalue weighted by Gasteiger charge is -2.37. The van der Waals surface area contributed by atoms with Crippen LogP contribution in [0.3, 0.4) is 0 Å². The number of alkyl halides is 3. The third-order valence-corrected chi connectivity index (χ3v) is 6.05. The van der Waals surface area contributed by atoms with Crippen molar-refractivity contribution < 1.29 is 50.1 Å². The van der Waals surface area contributed by atoms with Gasteiger partial charge in [-0.25, -0.2) is 22.0 Å². The van der Waals surface area contributed by atoms with Crippen LogP contribution >= 0.6 is 0 Å². The summed E-state index contributed by atoms with van der Waals surface area (Å²) in [7, 11) is -4.78. The smallest absolute Gasteiger partial charge is 0.418 e. The Morgan fingerprint density at radius 1 is 1.16 bits per heavy atom. The van der Waals surface area contributed by atoms with Crippen molar-refractivity contribution >= 4 is 27.5 Å². The number of carboxylic acid groups (broad SMARTS) is 1. The molecule has 1 heterocycles. The fourth-order valence-corrected chi connectivity index (χ4v) is 4.33. The molecule has 14 heteroatoms. The van der Waals surface area contributed by atoms with Gasteiger partial charge in [0, 0.05) is 5.69 Å². The summed E-state index contributed by atoms with van der Waals surface area (Å²) < 4.78 is 97.4. The summed E-state index contributed by atoms with van der Waals surface area (Å²) in [6, 6.07) is 4.64. The standard InChI is InChI=1S/C17H13F5N2O6S/c18-10-3-2-9(6-11(10)19)31(28,29)24-7-14(15(25)17(20,21)22)30-13-4-1-8(5-12(13)24)23-16(26)27/h1-6,14-15,23,25H,7H2,(H,26,27)/t14?,15-/m1/s1. The zero-order valence-corrected chi connectivity index (χ0v) is 15.9. The Morgan fingerprint density at radius 3 is 2.42 bits per heavy atom. The van der Waals surface area contributed by atoms with E-state index in [0.717, 1.165) is 18.2 Å². The number of benzene rings is 2. The van der Waals surface area contributed by atoms with Gasteiger partial charge in [0.15, 0.2) is 23.8 Å². The number of nitrogens with one attached hydrogen (secondary N) is 1. The average Bonchev–Trinajstić information content (AvgIpc) is 2.67. The number of rotatable bonds is 4. The lowest BCUT2D eigenvalue weighted by atomic mass is 10.1. The molecule has 0 saturated heterocycles. The van der Waals surface area contributed by atoms with Gasteiger partial charge < -0.3 is 14.9 Å². The van der Waals surface area contributed by atoms with Crippen molar-refractivity contribution in [3.05, 3.63) is 48.0 Å². The van der Waals surface area contributed by atoms with Crippen LogP contribution in [0.1, 0.15) is 0 Å². The molecule has 2 atom stereocenters. The van der Waals surface area contributed by atoms with E-state index in [0.29, 0.717) is 22.5 Å². The van der Waals surface area contributed by atoms with Gasteiger partial charge in [0.1, 0.15) is 5.75 Å². The second kappa shape index (κ2) is 7.85. The molecule has 3 rings (SSSR count). The third kappa shape index (κ3) is 4.49. The van der Waals surface area contributed by atoms with E-state index in [1.165, 1.54) is 0 Å². The molecule has 1 unspecified atom stereocenters. The number of aliphatic hydroxyl groups excluding tert-OH is 1. The van der Waals surface area contributed by atoms with E-state index >= 15 is 0 Å². The van der Waals surface area contributed by atoms with Crippen molar-refractivity contribution in [2.75, 3.05) is 16.2 Å². The molecule has 0 radical (unpaired) electrons. The largest absolute Gasteiger partial charge is 0.483 e. The summed E-state index contributed by atoms with van der Waals surface area (Å²) in [6.45, 7) is -1.05. The van der Waals surface area contributed by atoms with Gasteiger partial charge in [-0.3, -0.25) is 9.62 Å². The number of amides is 1. The minimum Gasteiger partial charge on any atom is -0.483 e. The van der Waals surface area contributed by atoms with Crippen molar-refractivity contribution in [2.24, 2.45) is 0 Å². The molecule has 0 aromatic heterocycles. The number of ether oxygens (including phenoxy) is 1. The monoisotopic (exact) mass is 468 g/mol. The van der Waals surface area contributed by atoms with Crippen LogP contribution in [0.15, 0.2) is 41.3 Å². The lowest BCUT2D eigenvalue weighted by Crippen LogP contribution is -2.53. The molecule has 0 aliphatic carbocycles. The van der Waals surface area contributed by atoms with Gasteiger partial charge in [0.05, 0.1) is 17.1 Å². The van der Waals surface area contributed by atoms with E-state index in [-0.39, 0.29) is 11.4 Å². The Labute approximate surface area is 171 Å². The van der Waals surface area contributed by atoms with Crippen molar-refractivity contribution in [3.63, 3.8) is 0 Å². The highest BCUT2D eigenvalue weighted by atomic mass is 32.2. The minimum atomic E-state index is -5.15. The van der Waals surface area contributed by atoms with Crippen LogP contribution in [0.25, 0.3) is 0 Å². The molecule has 0 saturated carbocycles. The van der Waals surface area contributed by atoms with Gasteiger partial charge in [-0.1, -0.05) is 0 Å². The molecule has 1 amide bonds. The molecule has 1 aliphatic rings. The van der Waals surface area contributed by atoms with E-state index in [4.69, 9.17) is 9.84 Å². The fraction of sp³-hybridized carbons (Fsp3) is 0.235. The maximum Gasteiger partial charge on any atom is 0.418 e. The number of hydrogen-bond acceptors (Lipinski definition) is 5. The minimum absolute atomic E-state index is 0.143. The molecule has 168 valence electrons. The predicted molar refractivity (Wildman–Crippen MR) is 95.5 cm³/mol. The van der Waals surface area contributed by atoms with Crippen LogP contribution in [0.4, 0.5) is 38.1 Å². The number of fused-ring (bicyclic) bond motifs is 1. The van der Waals surface area contributed by atoms with Crippen LogP contribution in [0.5, 0.6) is 5.75 Å². The number of halogens is 5. The van der Waals surface area contributed by atoms with E-state index in [1.54, 1.807) is 0 Å². The summed E-state index contributed by atoms with van der Waals surface area (Å²) in [6.07, 6.45) is -11.8. The van der Waals surface area contributed by atoms with Gasteiger partial charge >= 0.3 is 12.3 Å². The van der Waals surface area contributed by atoms with Crippen molar-refractivity contribution in [3.8, 4) is 5.75 Å². The van der Waals surface area contributed by atoms with Crippen molar-refractivity contribution in [1.82, 2.24) is 0 Å². The Morgan fingerprint density at radius 2 is 1.84 bits per heavy atom. The number of nitrogens with zero attached hydrogens (tertiary/aromatic N) is 1. The maximum absolute atomic E-state index is 13.6. The molecule has 2 aromatic carbocycles. The van der Waals surface area contributed by atoms with Crippen LogP contribution in [0.2, 0.25) is 0 Å². The molecule has 0 spiro atoms. The highest BCUT2D eigenvalue weighted by Crippen LogP contribution is 2.41. The first kappa shape index (κ1) is 22.6. The fourth-order valence-electron chi connectivity index (χ4n) is 2.84. The number of anilines is 2. The highest BCUT2D eigenvalue weighted by Gasteiger charge is 2.48. The first-order valence-corrected chi connectivity index (χ1v) is 9.78. The highest BCUT2D eigenvalue weighted by molar-refractivity contribution is 7.92. The second-order valence-corrected chi connectivity index (χ2v) is 8.23. The quantitative estimate of drug-likeness (QED) is 0.595. The Bertz CT molecular complexity index is 1120. The zero-order valence-electron chi connectivity index (χ0n) is 15.1. The summed E-state index contributed by atoms with van der Waals surface area (Å²) in [5.74, 6) is -3.27. The van der Waals surface area contributed by atoms with Gasteiger partial charge in [0.2, 0.25) is 0 Å². The van der Waals surface area contributed by atoms with Crippen molar-refractivity contribution in [2.45, 2.75) is 23.3 Å². The van der Waals surface area contributed by atoms with E-state index in [1.807, 2.05) is 5.32 Å². The Hall–Kier alpha value is -3.13. The molecule has 0 bridgehead atoms. The van der Waals surface area contributed by atoms with Crippen LogP contribution < -0.4 is 14.4 Å². The molecule has 3 N–H and O–H groups in total. The van der Waals surface area contributed by atoms with Crippen LogP contribution in [-0.2, 0) is 10.0 Å². The van der Waals surface area contributed by atoms with E-state index < -0.39 is 63.3 Å².